The standard InChI is InChI=1S/C19H32N4O2.HI/c1-5-20-19(22-14-16-8-7-11-23(16)6-2)21-13-15-9-10-17(24-3)18(12-15)25-4;/h9-10,12,16H,5-8,11,13-14H2,1-4H3,(H2,20,21,22);1H. The summed E-state index contributed by atoms with van der Waals surface area (Å²) < 4.78 is 10.6. The highest BCUT2D eigenvalue weighted by Gasteiger charge is 2.22. The molecule has 1 fully saturated rings. The van der Waals surface area contributed by atoms with E-state index in [4.69, 9.17) is 14.5 Å². The summed E-state index contributed by atoms with van der Waals surface area (Å²) in [7, 11) is 3.29. The molecular weight excluding hydrogens is 443 g/mol. The number of hydrogen-bond donors (Lipinski definition) is 2. The van der Waals surface area contributed by atoms with E-state index in [1.54, 1.807) is 14.2 Å². The lowest BCUT2D eigenvalue weighted by Gasteiger charge is -2.24. The zero-order valence-corrected chi connectivity index (χ0v) is 18.7. The molecule has 0 bridgehead atoms. The summed E-state index contributed by atoms with van der Waals surface area (Å²) in [6.45, 7) is 9.02. The Hall–Kier alpha value is -1.22. The number of ether oxygens (including phenoxy) is 2. The first kappa shape index (κ1) is 22.8. The number of rotatable bonds is 8. The van der Waals surface area contributed by atoms with Crippen LogP contribution in [0.2, 0.25) is 0 Å². The molecule has 2 rings (SSSR count). The first-order chi connectivity index (χ1) is 12.2. The normalized spacial score (nSPS) is 17.5. The minimum Gasteiger partial charge on any atom is -0.493 e. The van der Waals surface area contributed by atoms with E-state index in [0.717, 1.165) is 42.7 Å². The molecule has 1 atom stereocenters. The molecule has 1 saturated heterocycles. The molecule has 0 amide bonds. The van der Waals surface area contributed by atoms with Crippen LogP contribution in [0.15, 0.2) is 23.2 Å². The number of guanidine groups is 1. The van der Waals surface area contributed by atoms with Crippen molar-refractivity contribution in [2.75, 3.05) is 40.4 Å². The minimum atomic E-state index is 0. The Labute approximate surface area is 174 Å². The number of halogens is 1. The Balaban J connectivity index is 0.00000338. The van der Waals surface area contributed by atoms with Crippen LogP contribution in [0.1, 0.15) is 32.3 Å². The Morgan fingerprint density at radius 1 is 1.19 bits per heavy atom. The van der Waals surface area contributed by atoms with E-state index in [1.807, 2.05) is 18.2 Å². The maximum absolute atomic E-state index is 5.36. The van der Waals surface area contributed by atoms with Gasteiger partial charge in [-0.25, -0.2) is 4.99 Å². The topological polar surface area (TPSA) is 58.1 Å². The Kier molecular flexibility index (Phi) is 10.7. The van der Waals surface area contributed by atoms with E-state index in [0.29, 0.717) is 12.6 Å². The van der Waals surface area contributed by atoms with Crippen LogP contribution in [0.3, 0.4) is 0 Å². The van der Waals surface area contributed by atoms with Crippen LogP contribution in [0.4, 0.5) is 0 Å². The van der Waals surface area contributed by atoms with Gasteiger partial charge in [0.05, 0.1) is 20.8 Å². The van der Waals surface area contributed by atoms with Gasteiger partial charge >= 0.3 is 0 Å². The average Bonchev–Trinajstić information content (AvgIpc) is 3.11. The third-order valence-corrected chi connectivity index (χ3v) is 4.62. The quantitative estimate of drug-likeness (QED) is 0.344. The van der Waals surface area contributed by atoms with Crippen LogP contribution < -0.4 is 20.1 Å². The lowest BCUT2D eigenvalue weighted by Crippen LogP contribution is -2.44. The molecule has 7 heteroatoms. The van der Waals surface area contributed by atoms with Crippen molar-refractivity contribution in [2.45, 2.75) is 39.3 Å². The molecule has 0 radical (unpaired) electrons. The fraction of sp³-hybridized carbons (Fsp3) is 0.632. The van der Waals surface area contributed by atoms with Crippen molar-refractivity contribution in [3.8, 4) is 11.5 Å². The third kappa shape index (κ3) is 6.50. The molecule has 26 heavy (non-hydrogen) atoms. The van der Waals surface area contributed by atoms with Gasteiger partial charge in [-0.15, -0.1) is 24.0 Å². The number of hydrogen-bond acceptors (Lipinski definition) is 4. The molecule has 1 aliphatic heterocycles. The summed E-state index contributed by atoms with van der Waals surface area (Å²) in [5.74, 6) is 2.33. The Morgan fingerprint density at radius 2 is 1.96 bits per heavy atom. The highest BCUT2D eigenvalue weighted by atomic mass is 127. The van der Waals surface area contributed by atoms with Crippen LogP contribution in [-0.4, -0.2) is 57.3 Å². The van der Waals surface area contributed by atoms with Gasteiger partial charge in [-0.3, -0.25) is 4.90 Å². The van der Waals surface area contributed by atoms with E-state index in [9.17, 15) is 0 Å². The molecule has 0 spiro atoms. The molecule has 0 saturated carbocycles. The number of likely N-dealkylation sites (N-methyl/N-ethyl adjacent to an activating group) is 1. The summed E-state index contributed by atoms with van der Waals surface area (Å²) in [5, 5.41) is 6.81. The van der Waals surface area contributed by atoms with E-state index in [-0.39, 0.29) is 24.0 Å². The first-order valence-electron chi connectivity index (χ1n) is 9.18. The van der Waals surface area contributed by atoms with Crippen molar-refractivity contribution >= 4 is 29.9 Å². The van der Waals surface area contributed by atoms with E-state index >= 15 is 0 Å². The van der Waals surface area contributed by atoms with Crippen molar-refractivity contribution in [3.05, 3.63) is 23.8 Å². The van der Waals surface area contributed by atoms with Crippen molar-refractivity contribution in [1.29, 1.82) is 0 Å². The van der Waals surface area contributed by atoms with Crippen LogP contribution in [0.5, 0.6) is 11.5 Å². The average molecular weight is 476 g/mol. The van der Waals surface area contributed by atoms with E-state index in [2.05, 4.69) is 29.4 Å². The van der Waals surface area contributed by atoms with Gasteiger partial charge in [0.15, 0.2) is 17.5 Å². The minimum absolute atomic E-state index is 0. The maximum atomic E-state index is 5.36. The van der Waals surface area contributed by atoms with E-state index in [1.165, 1.54) is 19.4 Å². The number of methoxy groups -OCH3 is 2. The van der Waals surface area contributed by atoms with Gasteiger partial charge < -0.3 is 20.1 Å². The second-order valence-electron chi connectivity index (χ2n) is 6.19. The Bertz CT molecular complexity index is 568. The summed E-state index contributed by atoms with van der Waals surface area (Å²) >= 11 is 0. The SMILES string of the molecule is CCNC(=NCc1ccc(OC)c(OC)c1)NCC1CCCN1CC.I. The van der Waals surface area contributed by atoms with Crippen molar-refractivity contribution < 1.29 is 9.47 Å². The molecule has 6 nitrogen and oxygen atoms in total. The molecule has 1 aromatic carbocycles. The highest BCUT2D eigenvalue weighted by Crippen LogP contribution is 2.27. The van der Waals surface area contributed by atoms with Crippen molar-refractivity contribution in [2.24, 2.45) is 4.99 Å². The smallest absolute Gasteiger partial charge is 0.191 e. The second kappa shape index (κ2) is 12.2. The van der Waals surface area contributed by atoms with Gasteiger partial charge in [-0.1, -0.05) is 13.0 Å². The molecule has 148 valence electrons. The lowest BCUT2D eigenvalue weighted by atomic mass is 10.2. The Morgan fingerprint density at radius 3 is 2.62 bits per heavy atom. The first-order valence-corrected chi connectivity index (χ1v) is 9.18. The fourth-order valence-corrected chi connectivity index (χ4v) is 3.25. The third-order valence-electron chi connectivity index (χ3n) is 4.62. The van der Waals surface area contributed by atoms with Gasteiger partial charge in [-0.05, 0) is 50.6 Å². The van der Waals surface area contributed by atoms with Crippen molar-refractivity contribution in [1.82, 2.24) is 15.5 Å². The molecule has 1 aromatic rings. The number of nitrogens with one attached hydrogen (secondary N) is 2. The number of nitrogens with zero attached hydrogens (tertiary/aromatic N) is 2. The molecular formula is C19H33IN4O2. The fourth-order valence-electron chi connectivity index (χ4n) is 3.25. The van der Waals surface area contributed by atoms with Crippen LogP contribution in [-0.2, 0) is 6.54 Å². The summed E-state index contributed by atoms with van der Waals surface area (Å²) in [6.07, 6.45) is 2.55. The molecule has 0 aliphatic carbocycles. The maximum Gasteiger partial charge on any atom is 0.191 e. The van der Waals surface area contributed by atoms with Crippen LogP contribution >= 0.6 is 24.0 Å². The zero-order chi connectivity index (χ0) is 18.1. The molecule has 1 aliphatic rings. The second-order valence-corrected chi connectivity index (χ2v) is 6.19. The lowest BCUT2D eigenvalue weighted by molar-refractivity contribution is 0.267. The summed E-state index contributed by atoms with van der Waals surface area (Å²) in [4.78, 5) is 7.24. The molecule has 1 unspecified atom stereocenters. The van der Waals surface area contributed by atoms with Crippen LogP contribution in [0.25, 0.3) is 0 Å². The van der Waals surface area contributed by atoms with E-state index < -0.39 is 0 Å². The number of likely N-dealkylation sites (tertiary alicyclic amines) is 1. The summed E-state index contributed by atoms with van der Waals surface area (Å²) in [6, 6.07) is 6.52. The van der Waals surface area contributed by atoms with Crippen LogP contribution in [0, 0.1) is 0 Å². The van der Waals surface area contributed by atoms with Gasteiger partial charge in [0.1, 0.15) is 0 Å². The zero-order valence-electron chi connectivity index (χ0n) is 16.4. The van der Waals surface area contributed by atoms with Gasteiger partial charge in [0, 0.05) is 19.1 Å². The monoisotopic (exact) mass is 476 g/mol. The van der Waals surface area contributed by atoms with Gasteiger partial charge in [0.25, 0.3) is 0 Å². The highest BCUT2D eigenvalue weighted by molar-refractivity contribution is 14.0. The van der Waals surface area contributed by atoms with Gasteiger partial charge in [0.2, 0.25) is 0 Å². The summed E-state index contributed by atoms with van der Waals surface area (Å²) in [5.41, 5.74) is 1.09. The molecule has 0 aromatic heterocycles. The predicted molar refractivity (Wildman–Crippen MR) is 118 cm³/mol. The largest absolute Gasteiger partial charge is 0.493 e. The van der Waals surface area contributed by atoms with Gasteiger partial charge in [-0.2, -0.15) is 0 Å². The number of aliphatic imine (C=N–C) groups is 1. The number of benzene rings is 1. The predicted octanol–water partition coefficient (Wildman–Crippen LogP) is 2.86. The molecule has 1 heterocycles. The van der Waals surface area contributed by atoms with Crippen molar-refractivity contribution in [3.63, 3.8) is 0 Å². The molecule has 2 N–H and O–H groups in total.